The van der Waals surface area contributed by atoms with Crippen LogP contribution in [0.25, 0.3) is 0 Å². The molecule has 40 heavy (non-hydrogen) atoms. The Morgan fingerprint density at radius 1 is 0.825 bits per heavy atom. The number of carbonyl (C=O) groups excluding carboxylic acids is 2. The number of hydrogen-bond acceptors (Lipinski definition) is 5. The van der Waals surface area contributed by atoms with Gasteiger partial charge in [0.15, 0.2) is 0 Å². The van der Waals surface area contributed by atoms with E-state index in [1.54, 1.807) is 0 Å². The summed E-state index contributed by atoms with van der Waals surface area (Å²) in [5, 5.41) is 10.0. The van der Waals surface area contributed by atoms with Crippen LogP contribution >= 0.6 is 0 Å². The zero-order chi connectivity index (χ0) is 27.7. The first-order valence-corrected chi connectivity index (χ1v) is 14.7. The molecule has 2 amide bonds. The zero-order valence-electron chi connectivity index (χ0n) is 23.4. The normalized spacial score (nSPS) is 33.5. The number of nitrogens with zero attached hydrogens (tertiary/aromatic N) is 1. The summed E-state index contributed by atoms with van der Waals surface area (Å²) in [6.45, 7) is 4.77. The van der Waals surface area contributed by atoms with Crippen LogP contribution < -0.4 is 10.6 Å². The maximum atomic E-state index is 12.5. The average molecular weight is 542 g/mol. The van der Waals surface area contributed by atoms with Gasteiger partial charge >= 0.3 is 12.2 Å². The molecule has 7 heteroatoms. The number of fused-ring (bicyclic) bond motifs is 5. The van der Waals surface area contributed by atoms with E-state index < -0.39 is 6.09 Å². The first-order chi connectivity index (χ1) is 19.3. The lowest BCUT2D eigenvalue weighted by atomic mass is 9.48. The van der Waals surface area contributed by atoms with Gasteiger partial charge in [-0.1, -0.05) is 67.1 Å². The third-order valence-corrected chi connectivity index (χ3v) is 10.4. The minimum absolute atomic E-state index is 0.0360. The van der Waals surface area contributed by atoms with Crippen LogP contribution in [0.4, 0.5) is 21.0 Å². The van der Waals surface area contributed by atoms with E-state index in [0.29, 0.717) is 23.4 Å². The maximum absolute atomic E-state index is 12.5. The molecule has 4 aliphatic carbocycles. The SMILES string of the molecule is C[C@]12CC[C@H](OC(=O)Nc3ccccc3)CC1=CC[C@@H]1C2CC[C@]2(C)/C(=N/OC(=O)Nc3ccccc3)CCC12. The number of hydrogen-bond donors (Lipinski definition) is 2. The quantitative estimate of drug-likeness (QED) is 0.232. The van der Waals surface area contributed by atoms with Gasteiger partial charge < -0.3 is 4.74 Å². The molecule has 0 aromatic heterocycles. The summed E-state index contributed by atoms with van der Waals surface area (Å²) in [7, 11) is 0. The largest absolute Gasteiger partial charge is 0.446 e. The second-order valence-electron chi connectivity index (χ2n) is 12.4. The molecule has 0 aliphatic heterocycles. The minimum Gasteiger partial charge on any atom is -0.446 e. The molecule has 6 atom stereocenters. The van der Waals surface area contributed by atoms with Gasteiger partial charge in [0.05, 0.1) is 5.71 Å². The Labute approximate surface area is 236 Å². The van der Waals surface area contributed by atoms with E-state index in [-0.39, 0.29) is 23.0 Å². The van der Waals surface area contributed by atoms with Crippen LogP contribution in [-0.2, 0) is 9.57 Å². The van der Waals surface area contributed by atoms with E-state index in [0.717, 1.165) is 62.8 Å². The molecule has 0 heterocycles. The van der Waals surface area contributed by atoms with E-state index in [1.807, 2.05) is 60.7 Å². The Morgan fingerprint density at radius 2 is 1.45 bits per heavy atom. The van der Waals surface area contributed by atoms with Crippen LogP contribution in [0.3, 0.4) is 0 Å². The van der Waals surface area contributed by atoms with Crippen molar-refractivity contribution in [3.05, 3.63) is 72.3 Å². The third-order valence-electron chi connectivity index (χ3n) is 10.4. The van der Waals surface area contributed by atoms with E-state index in [1.165, 1.54) is 5.57 Å². The van der Waals surface area contributed by atoms with Crippen molar-refractivity contribution in [2.75, 3.05) is 10.6 Å². The summed E-state index contributed by atoms with van der Waals surface area (Å²) >= 11 is 0. The second-order valence-corrected chi connectivity index (χ2v) is 12.4. The van der Waals surface area contributed by atoms with Gasteiger partial charge in [-0.25, -0.2) is 9.59 Å². The number of carbonyl (C=O) groups is 2. The highest BCUT2D eigenvalue weighted by molar-refractivity contribution is 5.93. The van der Waals surface area contributed by atoms with Crippen LogP contribution in [-0.4, -0.2) is 24.0 Å². The summed E-state index contributed by atoms with van der Waals surface area (Å²) in [5.74, 6) is 1.74. The molecule has 2 unspecified atom stereocenters. The standard InChI is InChI=1S/C33H39N3O4/c1-32-19-17-25(39-30(37)34-23-9-5-3-6-10-23)21-22(32)13-14-26-27-15-16-29(33(27,2)20-18-28(26)32)36-40-31(38)35-24-11-7-4-8-12-24/h3-13,25-28H,14-21H2,1-2H3,(H,34,37)(H,35,38)/b36-29+/t25-,26-,27?,28?,32-,33-/m0/s1. The van der Waals surface area contributed by atoms with Crippen LogP contribution in [0.15, 0.2) is 77.5 Å². The van der Waals surface area contributed by atoms with Gasteiger partial charge in [0.2, 0.25) is 0 Å². The van der Waals surface area contributed by atoms with Crippen molar-refractivity contribution in [2.24, 2.45) is 33.7 Å². The molecule has 2 aromatic carbocycles. The smallest absolute Gasteiger partial charge is 0.437 e. The number of nitrogens with one attached hydrogen (secondary N) is 2. The van der Waals surface area contributed by atoms with Gasteiger partial charge in [0, 0.05) is 23.2 Å². The first kappa shape index (κ1) is 26.6. The highest BCUT2D eigenvalue weighted by atomic mass is 16.7. The molecule has 0 spiro atoms. The van der Waals surface area contributed by atoms with E-state index in [9.17, 15) is 9.59 Å². The van der Waals surface area contributed by atoms with E-state index in [4.69, 9.17) is 9.57 Å². The van der Waals surface area contributed by atoms with Gasteiger partial charge in [-0.05, 0) is 92.4 Å². The second kappa shape index (κ2) is 10.8. The maximum Gasteiger partial charge on any atom is 0.437 e. The Hall–Kier alpha value is -3.61. The number of oxime groups is 1. The number of ether oxygens (including phenoxy) is 1. The molecule has 6 rings (SSSR count). The number of allylic oxidation sites excluding steroid dienone is 1. The number of para-hydroxylation sites is 2. The molecule has 3 saturated carbocycles. The molecule has 0 bridgehead atoms. The molecule has 2 N–H and O–H groups in total. The van der Waals surface area contributed by atoms with Crippen LogP contribution in [0.2, 0.25) is 0 Å². The first-order valence-electron chi connectivity index (χ1n) is 14.7. The van der Waals surface area contributed by atoms with Crippen molar-refractivity contribution in [1.29, 1.82) is 0 Å². The summed E-state index contributed by atoms with van der Waals surface area (Å²) in [4.78, 5) is 30.2. The van der Waals surface area contributed by atoms with Crippen LogP contribution in [0, 0.1) is 28.6 Å². The number of amides is 2. The Kier molecular flexibility index (Phi) is 7.15. The number of rotatable bonds is 4. The van der Waals surface area contributed by atoms with Crippen molar-refractivity contribution in [2.45, 2.75) is 71.3 Å². The predicted molar refractivity (Wildman–Crippen MR) is 156 cm³/mol. The Balaban J connectivity index is 1.10. The number of benzene rings is 2. The molecule has 210 valence electrons. The highest BCUT2D eigenvalue weighted by Gasteiger charge is 2.58. The van der Waals surface area contributed by atoms with Crippen molar-refractivity contribution in [1.82, 2.24) is 0 Å². The fourth-order valence-corrected chi connectivity index (χ4v) is 8.25. The van der Waals surface area contributed by atoms with E-state index in [2.05, 4.69) is 35.7 Å². The predicted octanol–water partition coefficient (Wildman–Crippen LogP) is 8.17. The Bertz CT molecular complexity index is 1310. The van der Waals surface area contributed by atoms with Crippen molar-refractivity contribution >= 4 is 29.3 Å². The minimum atomic E-state index is -0.548. The average Bonchev–Trinajstić information content (AvgIpc) is 3.29. The fraction of sp³-hybridized carbons (Fsp3) is 0.485. The molecule has 2 aromatic rings. The van der Waals surface area contributed by atoms with Gasteiger partial charge in [-0.2, -0.15) is 0 Å². The van der Waals surface area contributed by atoms with Gasteiger partial charge in [-0.15, -0.1) is 0 Å². The van der Waals surface area contributed by atoms with Crippen molar-refractivity contribution < 1.29 is 19.2 Å². The Morgan fingerprint density at radius 3 is 2.15 bits per heavy atom. The molecular formula is C33H39N3O4. The molecule has 0 radical (unpaired) electrons. The molecule has 7 nitrogen and oxygen atoms in total. The zero-order valence-corrected chi connectivity index (χ0v) is 23.4. The van der Waals surface area contributed by atoms with Gasteiger partial charge in [-0.3, -0.25) is 15.5 Å². The van der Waals surface area contributed by atoms with Gasteiger partial charge in [0.25, 0.3) is 0 Å². The van der Waals surface area contributed by atoms with Crippen LogP contribution in [0.5, 0.6) is 0 Å². The van der Waals surface area contributed by atoms with Crippen molar-refractivity contribution in [3.8, 4) is 0 Å². The summed E-state index contributed by atoms with van der Waals surface area (Å²) in [6.07, 6.45) is 9.41. The summed E-state index contributed by atoms with van der Waals surface area (Å²) in [6, 6.07) is 18.7. The third kappa shape index (κ3) is 5.02. The highest BCUT2D eigenvalue weighted by Crippen LogP contribution is 2.64. The lowest BCUT2D eigenvalue weighted by molar-refractivity contribution is -0.0228. The summed E-state index contributed by atoms with van der Waals surface area (Å²) in [5.41, 5.74) is 4.05. The lowest BCUT2D eigenvalue weighted by Gasteiger charge is -2.57. The topological polar surface area (TPSA) is 89.0 Å². The molecule has 4 aliphatic rings. The molecule has 3 fully saturated rings. The van der Waals surface area contributed by atoms with E-state index >= 15 is 0 Å². The monoisotopic (exact) mass is 541 g/mol. The van der Waals surface area contributed by atoms with Gasteiger partial charge in [0.1, 0.15) is 6.10 Å². The van der Waals surface area contributed by atoms with Crippen LogP contribution in [0.1, 0.15) is 65.2 Å². The fourth-order valence-electron chi connectivity index (χ4n) is 8.25. The van der Waals surface area contributed by atoms with Crippen molar-refractivity contribution in [3.63, 3.8) is 0 Å². The molecule has 0 saturated heterocycles. The lowest BCUT2D eigenvalue weighted by Crippen LogP contribution is -2.50. The summed E-state index contributed by atoms with van der Waals surface area (Å²) < 4.78 is 5.86. The molecular weight excluding hydrogens is 502 g/mol. The number of anilines is 2.